The molecule has 3 aromatic rings. The summed E-state index contributed by atoms with van der Waals surface area (Å²) < 4.78 is 5.52. The van der Waals surface area contributed by atoms with E-state index in [0.29, 0.717) is 23.5 Å². The summed E-state index contributed by atoms with van der Waals surface area (Å²) >= 11 is 0. The molecule has 0 spiro atoms. The fourth-order valence-corrected chi connectivity index (χ4v) is 3.68. The van der Waals surface area contributed by atoms with Gasteiger partial charge in [0.1, 0.15) is 12.6 Å². The van der Waals surface area contributed by atoms with E-state index in [-0.39, 0.29) is 18.4 Å². The highest BCUT2D eigenvalue weighted by atomic mass is 16.6. The van der Waals surface area contributed by atoms with Crippen molar-refractivity contribution in [2.24, 2.45) is 0 Å². The predicted molar refractivity (Wildman–Crippen MR) is 122 cm³/mol. The van der Waals surface area contributed by atoms with Gasteiger partial charge in [0.2, 0.25) is 11.8 Å². The lowest BCUT2D eigenvalue weighted by Crippen LogP contribution is -2.45. The highest BCUT2D eigenvalue weighted by Gasteiger charge is 2.39. The van der Waals surface area contributed by atoms with Crippen molar-refractivity contribution in [1.29, 1.82) is 0 Å². The second-order valence-electron chi connectivity index (χ2n) is 7.51. The van der Waals surface area contributed by atoms with E-state index in [9.17, 15) is 14.4 Å². The van der Waals surface area contributed by atoms with Crippen LogP contribution in [0.3, 0.4) is 0 Å². The largest absolute Gasteiger partial charge is 0.444 e. The lowest BCUT2D eigenvalue weighted by Gasteiger charge is -2.24. The Morgan fingerprint density at radius 2 is 1.50 bits per heavy atom. The van der Waals surface area contributed by atoms with Gasteiger partial charge in [-0.25, -0.2) is 4.79 Å². The van der Waals surface area contributed by atoms with Crippen molar-refractivity contribution in [1.82, 2.24) is 0 Å². The smallest absolute Gasteiger partial charge is 0.415 e. The maximum absolute atomic E-state index is 13.1. The standard InChI is InChI=1S/C25H23N3O4/c1-17(29)26-20-11-13-21(14-12-20)27-24(30)23-15-19-9-5-6-10-22(19)28(23)25(31)32-16-18-7-3-2-4-8-18/h2-14,23H,15-16H2,1H3,(H,26,29)(H,27,30). The van der Waals surface area contributed by atoms with Gasteiger partial charge in [-0.3, -0.25) is 14.5 Å². The van der Waals surface area contributed by atoms with Crippen LogP contribution in [0.2, 0.25) is 0 Å². The fraction of sp³-hybridized carbons (Fsp3) is 0.160. The number of benzene rings is 3. The molecule has 0 saturated heterocycles. The second-order valence-corrected chi connectivity index (χ2v) is 7.51. The van der Waals surface area contributed by atoms with Crippen molar-refractivity contribution in [3.05, 3.63) is 90.0 Å². The van der Waals surface area contributed by atoms with Gasteiger partial charge in [-0.1, -0.05) is 48.5 Å². The van der Waals surface area contributed by atoms with E-state index in [1.54, 1.807) is 24.3 Å². The Balaban J connectivity index is 1.49. The SMILES string of the molecule is CC(=O)Nc1ccc(NC(=O)C2Cc3ccccc3N2C(=O)OCc2ccccc2)cc1. The molecule has 162 valence electrons. The average Bonchev–Trinajstić information content (AvgIpc) is 3.19. The first-order valence-electron chi connectivity index (χ1n) is 10.3. The molecular weight excluding hydrogens is 406 g/mol. The highest BCUT2D eigenvalue weighted by Crippen LogP contribution is 2.33. The van der Waals surface area contributed by atoms with Crippen LogP contribution in [0.5, 0.6) is 0 Å². The van der Waals surface area contributed by atoms with Crippen molar-refractivity contribution >= 4 is 35.0 Å². The van der Waals surface area contributed by atoms with Crippen LogP contribution in [-0.4, -0.2) is 23.9 Å². The van der Waals surface area contributed by atoms with Gasteiger partial charge in [-0.05, 0) is 41.5 Å². The minimum Gasteiger partial charge on any atom is -0.444 e. The number of hydrogen-bond acceptors (Lipinski definition) is 4. The van der Waals surface area contributed by atoms with E-state index in [4.69, 9.17) is 4.74 Å². The number of hydrogen-bond donors (Lipinski definition) is 2. The fourth-order valence-electron chi connectivity index (χ4n) is 3.68. The summed E-state index contributed by atoms with van der Waals surface area (Å²) in [5.41, 5.74) is 3.65. The summed E-state index contributed by atoms with van der Waals surface area (Å²) in [6.45, 7) is 1.55. The average molecular weight is 429 g/mol. The summed E-state index contributed by atoms with van der Waals surface area (Å²) in [4.78, 5) is 38.7. The summed E-state index contributed by atoms with van der Waals surface area (Å²) in [5.74, 6) is -0.486. The Morgan fingerprint density at radius 1 is 0.875 bits per heavy atom. The van der Waals surface area contributed by atoms with E-state index < -0.39 is 12.1 Å². The summed E-state index contributed by atoms with van der Waals surface area (Å²) in [5, 5.41) is 5.54. The number of amides is 3. The number of carbonyl (C=O) groups is 3. The molecule has 7 nitrogen and oxygen atoms in total. The normalized spacial score (nSPS) is 14.4. The molecule has 0 aliphatic carbocycles. The van der Waals surface area contributed by atoms with Gasteiger partial charge in [0.15, 0.2) is 0 Å². The van der Waals surface area contributed by atoms with Crippen LogP contribution >= 0.6 is 0 Å². The summed E-state index contributed by atoms with van der Waals surface area (Å²) in [7, 11) is 0. The number of ether oxygens (including phenoxy) is 1. The molecule has 1 heterocycles. The number of carbonyl (C=O) groups excluding carboxylic acids is 3. The third kappa shape index (κ3) is 4.78. The quantitative estimate of drug-likeness (QED) is 0.631. The summed E-state index contributed by atoms with van der Waals surface area (Å²) in [6, 6.07) is 22.9. The second kappa shape index (κ2) is 9.34. The first-order chi connectivity index (χ1) is 15.5. The number of nitrogens with one attached hydrogen (secondary N) is 2. The number of rotatable bonds is 5. The molecule has 7 heteroatoms. The topological polar surface area (TPSA) is 87.7 Å². The molecule has 1 unspecified atom stereocenters. The number of anilines is 3. The Hall–Kier alpha value is -4.13. The number of nitrogens with zero attached hydrogens (tertiary/aromatic N) is 1. The van der Waals surface area contributed by atoms with Crippen molar-refractivity contribution in [3.63, 3.8) is 0 Å². The molecule has 0 fully saturated rings. The first kappa shape index (κ1) is 21.1. The van der Waals surface area contributed by atoms with E-state index >= 15 is 0 Å². The molecule has 0 saturated carbocycles. The van der Waals surface area contributed by atoms with E-state index in [2.05, 4.69) is 10.6 Å². The van der Waals surface area contributed by atoms with Gasteiger partial charge in [0.25, 0.3) is 0 Å². The number of para-hydroxylation sites is 1. The van der Waals surface area contributed by atoms with Gasteiger partial charge in [0.05, 0.1) is 5.69 Å². The zero-order chi connectivity index (χ0) is 22.5. The van der Waals surface area contributed by atoms with Gasteiger partial charge < -0.3 is 15.4 Å². The Morgan fingerprint density at radius 3 is 2.19 bits per heavy atom. The van der Waals surface area contributed by atoms with E-state index in [0.717, 1.165) is 11.1 Å². The minimum atomic E-state index is -0.731. The van der Waals surface area contributed by atoms with Crippen LogP contribution in [0.4, 0.5) is 21.9 Å². The van der Waals surface area contributed by atoms with E-state index in [1.807, 2.05) is 54.6 Å². The van der Waals surface area contributed by atoms with Crippen molar-refractivity contribution in [3.8, 4) is 0 Å². The maximum Gasteiger partial charge on any atom is 0.415 e. The Kier molecular flexibility index (Phi) is 6.17. The highest BCUT2D eigenvalue weighted by molar-refractivity contribution is 6.05. The lowest BCUT2D eigenvalue weighted by molar-refractivity contribution is -0.117. The van der Waals surface area contributed by atoms with Crippen LogP contribution < -0.4 is 15.5 Å². The molecule has 32 heavy (non-hydrogen) atoms. The molecule has 0 radical (unpaired) electrons. The number of fused-ring (bicyclic) bond motifs is 1. The maximum atomic E-state index is 13.1. The third-order valence-corrected chi connectivity index (χ3v) is 5.15. The molecule has 1 atom stereocenters. The molecule has 3 aromatic carbocycles. The van der Waals surface area contributed by atoms with Crippen molar-refractivity contribution in [2.45, 2.75) is 26.0 Å². The van der Waals surface area contributed by atoms with Crippen LogP contribution in [-0.2, 0) is 27.4 Å². The van der Waals surface area contributed by atoms with Gasteiger partial charge in [-0.2, -0.15) is 0 Å². The third-order valence-electron chi connectivity index (χ3n) is 5.15. The molecular formula is C25H23N3O4. The van der Waals surface area contributed by atoms with Crippen LogP contribution in [0.1, 0.15) is 18.1 Å². The minimum absolute atomic E-state index is 0.122. The monoisotopic (exact) mass is 429 g/mol. The van der Waals surface area contributed by atoms with Crippen LogP contribution in [0.25, 0.3) is 0 Å². The molecule has 0 bridgehead atoms. The lowest BCUT2D eigenvalue weighted by atomic mass is 10.1. The molecule has 2 N–H and O–H groups in total. The molecule has 4 rings (SSSR count). The Labute approximate surface area is 186 Å². The van der Waals surface area contributed by atoms with Crippen LogP contribution in [0, 0.1) is 0 Å². The molecule has 3 amide bonds. The van der Waals surface area contributed by atoms with Gasteiger partial charge >= 0.3 is 6.09 Å². The zero-order valence-corrected chi connectivity index (χ0v) is 17.6. The van der Waals surface area contributed by atoms with Crippen molar-refractivity contribution in [2.75, 3.05) is 15.5 Å². The zero-order valence-electron chi connectivity index (χ0n) is 17.6. The van der Waals surface area contributed by atoms with E-state index in [1.165, 1.54) is 11.8 Å². The Bertz CT molecular complexity index is 1130. The van der Waals surface area contributed by atoms with Gasteiger partial charge in [0, 0.05) is 24.7 Å². The first-order valence-corrected chi connectivity index (χ1v) is 10.3. The van der Waals surface area contributed by atoms with Gasteiger partial charge in [-0.15, -0.1) is 0 Å². The molecule has 1 aliphatic rings. The molecule has 1 aliphatic heterocycles. The summed E-state index contributed by atoms with van der Waals surface area (Å²) in [6.07, 6.45) is -0.174. The molecule has 0 aromatic heterocycles. The van der Waals surface area contributed by atoms with Crippen molar-refractivity contribution < 1.29 is 19.1 Å². The predicted octanol–water partition coefficient (Wildman–Crippen LogP) is 4.35. The van der Waals surface area contributed by atoms with Crippen LogP contribution in [0.15, 0.2) is 78.9 Å².